The van der Waals surface area contributed by atoms with Gasteiger partial charge in [-0.2, -0.15) is 0 Å². The molecule has 0 aliphatic carbocycles. The van der Waals surface area contributed by atoms with Crippen molar-refractivity contribution in [3.8, 4) is 5.75 Å². The summed E-state index contributed by atoms with van der Waals surface area (Å²) in [6, 6.07) is 9.70. The molecular weight excluding hydrogens is 364 g/mol. The van der Waals surface area contributed by atoms with Crippen molar-refractivity contribution in [1.29, 1.82) is 0 Å². The van der Waals surface area contributed by atoms with Gasteiger partial charge in [-0.15, -0.1) is 10.2 Å². The van der Waals surface area contributed by atoms with E-state index in [1.807, 2.05) is 16.7 Å². The monoisotopic (exact) mass is 380 g/mol. The normalized spacial score (nSPS) is 11.6. The number of rotatable bonds is 8. The molecule has 0 fully saturated rings. The maximum Gasteiger partial charge on any atom is 0.238 e. The van der Waals surface area contributed by atoms with Gasteiger partial charge in [0.05, 0.1) is 24.3 Å². The zero-order chi connectivity index (χ0) is 17.7. The van der Waals surface area contributed by atoms with Crippen LogP contribution >= 0.6 is 11.8 Å². The van der Waals surface area contributed by atoms with Gasteiger partial charge in [0.1, 0.15) is 17.8 Å². The zero-order valence-corrected chi connectivity index (χ0v) is 14.7. The Morgan fingerprint density at radius 1 is 1.24 bits per heavy atom. The first-order valence-electron chi connectivity index (χ1n) is 7.31. The van der Waals surface area contributed by atoms with Gasteiger partial charge >= 0.3 is 0 Å². The molecule has 0 amide bonds. The summed E-state index contributed by atoms with van der Waals surface area (Å²) in [7, 11) is -3.69. The predicted octanol–water partition coefficient (Wildman–Crippen LogP) is 1.74. The molecule has 3 aromatic rings. The minimum Gasteiger partial charge on any atom is -0.493 e. The van der Waals surface area contributed by atoms with Crippen molar-refractivity contribution in [2.75, 3.05) is 12.4 Å². The van der Waals surface area contributed by atoms with Crippen LogP contribution < -0.4 is 9.88 Å². The van der Waals surface area contributed by atoms with E-state index in [0.717, 1.165) is 10.9 Å². The van der Waals surface area contributed by atoms with Crippen LogP contribution in [0, 0.1) is 0 Å². The minimum absolute atomic E-state index is 0.0558. The first-order valence-corrected chi connectivity index (χ1v) is 9.84. The zero-order valence-electron chi connectivity index (χ0n) is 13.1. The summed E-state index contributed by atoms with van der Waals surface area (Å²) in [4.78, 5) is 0.0558. The molecule has 1 aromatic carbocycles. The van der Waals surface area contributed by atoms with E-state index < -0.39 is 10.0 Å². The van der Waals surface area contributed by atoms with Crippen molar-refractivity contribution in [3.05, 3.63) is 54.7 Å². The Kier molecular flexibility index (Phi) is 5.41. The van der Waals surface area contributed by atoms with Crippen molar-refractivity contribution in [1.82, 2.24) is 14.8 Å². The van der Waals surface area contributed by atoms with E-state index in [1.165, 1.54) is 23.9 Å². The standard InChI is InChI=1S/C15H16N4O4S2/c16-25(20,21)14-5-3-12(4-6-14)23-8-9-24-15-18-17-11-19(15)10-13-2-1-7-22-13/h1-7,11H,8-10H2,(H2,16,20,21). The summed E-state index contributed by atoms with van der Waals surface area (Å²) in [6.07, 6.45) is 3.28. The lowest BCUT2D eigenvalue weighted by Gasteiger charge is -2.07. The number of ether oxygens (including phenoxy) is 1. The molecule has 2 N–H and O–H groups in total. The van der Waals surface area contributed by atoms with Gasteiger partial charge in [0.25, 0.3) is 0 Å². The summed E-state index contributed by atoms with van der Waals surface area (Å²) in [5.41, 5.74) is 0. The smallest absolute Gasteiger partial charge is 0.238 e. The Morgan fingerprint density at radius 3 is 2.72 bits per heavy atom. The fraction of sp³-hybridized carbons (Fsp3) is 0.200. The van der Waals surface area contributed by atoms with Crippen molar-refractivity contribution in [2.45, 2.75) is 16.6 Å². The number of benzene rings is 1. The number of thioether (sulfide) groups is 1. The summed E-state index contributed by atoms with van der Waals surface area (Å²) in [6.45, 7) is 1.01. The Hall–Kier alpha value is -2.30. The quantitative estimate of drug-likeness (QED) is 0.468. The average Bonchev–Trinajstić information content (AvgIpc) is 3.24. The highest BCUT2D eigenvalue weighted by molar-refractivity contribution is 7.99. The van der Waals surface area contributed by atoms with Gasteiger partial charge in [0, 0.05) is 5.75 Å². The van der Waals surface area contributed by atoms with Gasteiger partial charge < -0.3 is 13.7 Å². The van der Waals surface area contributed by atoms with Crippen LogP contribution in [0.2, 0.25) is 0 Å². The average molecular weight is 380 g/mol. The lowest BCUT2D eigenvalue weighted by atomic mass is 10.3. The fourth-order valence-corrected chi connectivity index (χ4v) is 3.30. The highest BCUT2D eigenvalue weighted by atomic mass is 32.2. The van der Waals surface area contributed by atoms with Crippen molar-refractivity contribution in [2.24, 2.45) is 5.14 Å². The third kappa shape index (κ3) is 4.84. The predicted molar refractivity (Wildman–Crippen MR) is 91.9 cm³/mol. The van der Waals surface area contributed by atoms with Gasteiger partial charge in [-0.05, 0) is 36.4 Å². The van der Waals surface area contributed by atoms with Crippen LogP contribution in [0.15, 0.2) is 63.5 Å². The lowest BCUT2D eigenvalue weighted by molar-refractivity contribution is 0.343. The highest BCUT2D eigenvalue weighted by Crippen LogP contribution is 2.18. The van der Waals surface area contributed by atoms with Gasteiger partial charge in [-0.25, -0.2) is 13.6 Å². The number of aromatic nitrogens is 3. The molecule has 3 rings (SSSR count). The molecule has 132 valence electrons. The van der Waals surface area contributed by atoms with Crippen molar-refractivity contribution in [3.63, 3.8) is 0 Å². The summed E-state index contributed by atoms with van der Waals surface area (Å²) in [5, 5.41) is 13.8. The van der Waals surface area contributed by atoms with Gasteiger partial charge in [-0.1, -0.05) is 11.8 Å². The van der Waals surface area contributed by atoms with Crippen molar-refractivity contribution < 1.29 is 17.6 Å². The largest absolute Gasteiger partial charge is 0.493 e. The molecule has 0 saturated heterocycles. The summed E-state index contributed by atoms with van der Waals surface area (Å²) in [5.74, 6) is 2.06. The van der Waals surface area contributed by atoms with Crippen LogP contribution in [-0.2, 0) is 16.6 Å². The number of sulfonamides is 1. The first-order chi connectivity index (χ1) is 12.0. The highest BCUT2D eigenvalue weighted by Gasteiger charge is 2.08. The number of primary sulfonamides is 1. The van der Waals surface area contributed by atoms with E-state index in [2.05, 4.69) is 10.2 Å². The minimum atomic E-state index is -3.69. The van der Waals surface area contributed by atoms with Crippen LogP contribution in [0.4, 0.5) is 0 Å². The van der Waals surface area contributed by atoms with E-state index in [0.29, 0.717) is 24.7 Å². The van der Waals surface area contributed by atoms with E-state index in [1.54, 1.807) is 24.7 Å². The molecule has 0 saturated carbocycles. The number of nitrogens with two attached hydrogens (primary N) is 1. The Labute approximate surface area is 149 Å². The molecule has 8 nitrogen and oxygen atoms in total. The molecule has 2 aromatic heterocycles. The SMILES string of the molecule is NS(=O)(=O)c1ccc(OCCSc2nncn2Cc2ccco2)cc1. The Morgan fingerprint density at radius 2 is 2.04 bits per heavy atom. The van der Waals surface area contributed by atoms with E-state index in [-0.39, 0.29) is 4.90 Å². The van der Waals surface area contributed by atoms with E-state index >= 15 is 0 Å². The van der Waals surface area contributed by atoms with Gasteiger partial charge in [0.15, 0.2) is 5.16 Å². The first kappa shape index (κ1) is 17.5. The molecule has 0 atom stereocenters. The van der Waals surface area contributed by atoms with Crippen LogP contribution in [-0.4, -0.2) is 35.5 Å². The maximum atomic E-state index is 11.2. The second-order valence-electron chi connectivity index (χ2n) is 5.03. The molecular formula is C15H16N4O4S2. The number of nitrogens with zero attached hydrogens (tertiary/aromatic N) is 3. The maximum absolute atomic E-state index is 11.2. The second-order valence-corrected chi connectivity index (χ2v) is 7.66. The lowest BCUT2D eigenvalue weighted by Crippen LogP contribution is -2.11. The molecule has 2 heterocycles. The molecule has 25 heavy (non-hydrogen) atoms. The van der Waals surface area contributed by atoms with Crippen LogP contribution in [0.3, 0.4) is 0 Å². The third-order valence-electron chi connectivity index (χ3n) is 3.22. The molecule has 0 bridgehead atoms. The summed E-state index contributed by atoms with van der Waals surface area (Å²) >= 11 is 1.51. The summed E-state index contributed by atoms with van der Waals surface area (Å²) < 4.78 is 35.2. The molecule has 0 radical (unpaired) electrons. The molecule has 0 spiro atoms. The topological polar surface area (TPSA) is 113 Å². The van der Waals surface area contributed by atoms with E-state index in [9.17, 15) is 8.42 Å². The molecule has 0 aliphatic heterocycles. The van der Waals surface area contributed by atoms with E-state index in [4.69, 9.17) is 14.3 Å². The third-order valence-corrected chi connectivity index (χ3v) is 5.10. The molecule has 10 heteroatoms. The number of furan rings is 1. The van der Waals surface area contributed by atoms with Crippen molar-refractivity contribution >= 4 is 21.8 Å². The fourth-order valence-electron chi connectivity index (χ4n) is 2.05. The number of hydrogen-bond donors (Lipinski definition) is 1. The van der Waals surface area contributed by atoms with Gasteiger partial charge in [-0.3, -0.25) is 0 Å². The Balaban J connectivity index is 1.48. The molecule has 0 aliphatic rings. The Bertz CT molecular complexity index is 905. The van der Waals surface area contributed by atoms with Gasteiger partial charge in [0.2, 0.25) is 10.0 Å². The second kappa shape index (κ2) is 7.72. The van der Waals surface area contributed by atoms with Crippen LogP contribution in [0.1, 0.15) is 5.76 Å². The molecule has 0 unspecified atom stereocenters. The van der Waals surface area contributed by atoms with Crippen LogP contribution in [0.5, 0.6) is 5.75 Å². The number of hydrogen-bond acceptors (Lipinski definition) is 7. The van der Waals surface area contributed by atoms with Crippen LogP contribution in [0.25, 0.3) is 0 Å².